The summed E-state index contributed by atoms with van der Waals surface area (Å²) in [6.07, 6.45) is 1.88. The Morgan fingerprint density at radius 1 is 0.390 bits per heavy atom. The molecule has 0 aliphatic carbocycles. The van der Waals surface area contributed by atoms with Crippen LogP contribution in [-0.4, -0.2) is 9.97 Å². The minimum atomic E-state index is 0.918. The van der Waals surface area contributed by atoms with Gasteiger partial charge in [-0.15, -0.1) is 0 Å². The highest BCUT2D eigenvalue weighted by molar-refractivity contribution is 5.96. The SMILES string of the molecule is c1ccc(-c2ccnc(-c3ccccc3Nc3cc4ccccc4cc3-c3cccc(-c4ccccc4)n3)c2)cc1. The lowest BCUT2D eigenvalue weighted by molar-refractivity contribution is 1.32. The van der Waals surface area contributed by atoms with E-state index in [1.807, 2.05) is 30.5 Å². The van der Waals surface area contributed by atoms with E-state index in [4.69, 9.17) is 9.97 Å². The number of pyridine rings is 2. The van der Waals surface area contributed by atoms with Crippen LogP contribution in [0.1, 0.15) is 0 Å². The van der Waals surface area contributed by atoms with Gasteiger partial charge in [0.25, 0.3) is 0 Å². The van der Waals surface area contributed by atoms with Gasteiger partial charge in [0.2, 0.25) is 0 Å². The second-order valence-corrected chi connectivity index (χ2v) is 9.99. The summed E-state index contributed by atoms with van der Waals surface area (Å²) in [6.45, 7) is 0. The fraction of sp³-hybridized carbons (Fsp3) is 0. The van der Waals surface area contributed by atoms with Gasteiger partial charge in [-0.2, -0.15) is 0 Å². The molecule has 194 valence electrons. The first-order valence-corrected chi connectivity index (χ1v) is 13.8. The van der Waals surface area contributed by atoms with E-state index in [-0.39, 0.29) is 0 Å². The molecule has 0 saturated carbocycles. The van der Waals surface area contributed by atoms with Crippen molar-refractivity contribution in [3.05, 3.63) is 158 Å². The van der Waals surface area contributed by atoms with Gasteiger partial charge in [0.15, 0.2) is 0 Å². The van der Waals surface area contributed by atoms with Gasteiger partial charge in [-0.25, -0.2) is 4.98 Å². The van der Waals surface area contributed by atoms with Gasteiger partial charge in [0.05, 0.1) is 17.1 Å². The Morgan fingerprint density at radius 3 is 1.85 bits per heavy atom. The Kier molecular flexibility index (Phi) is 6.52. The van der Waals surface area contributed by atoms with Crippen LogP contribution in [0.4, 0.5) is 11.4 Å². The second kappa shape index (κ2) is 10.9. The van der Waals surface area contributed by atoms with E-state index in [0.29, 0.717) is 0 Å². The van der Waals surface area contributed by atoms with Crippen molar-refractivity contribution in [2.45, 2.75) is 0 Å². The zero-order valence-electron chi connectivity index (χ0n) is 22.4. The Bertz CT molecular complexity index is 1960. The molecule has 7 rings (SSSR count). The molecule has 5 aromatic carbocycles. The van der Waals surface area contributed by atoms with Crippen LogP contribution in [0, 0.1) is 0 Å². The van der Waals surface area contributed by atoms with Gasteiger partial charge >= 0.3 is 0 Å². The molecule has 0 unspecified atom stereocenters. The zero-order valence-corrected chi connectivity index (χ0v) is 22.4. The summed E-state index contributed by atoms with van der Waals surface area (Å²) in [6, 6.07) is 52.4. The number of para-hydroxylation sites is 1. The van der Waals surface area contributed by atoms with Gasteiger partial charge in [-0.1, -0.05) is 109 Å². The maximum absolute atomic E-state index is 5.10. The summed E-state index contributed by atoms with van der Waals surface area (Å²) in [4.78, 5) is 9.86. The van der Waals surface area contributed by atoms with Crippen molar-refractivity contribution in [2.24, 2.45) is 0 Å². The maximum atomic E-state index is 5.10. The molecule has 0 atom stereocenters. The number of benzene rings is 5. The molecule has 0 bridgehead atoms. The van der Waals surface area contributed by atoms with Crippen LogP contribution in [0.3, 0.4) is 0 Å². The predicted molar refractivity (Wildman–Crippen MR) is 171 cm³/mol. The van der Waals surface area contributed by atoms with Gasteiger partial charge < -0.3 is 5.32 Å². The van der Waals surface area contributed by atoms with E-state index < -0.39 is 0 Å². The van der Waals surface area contributed by atoms with Crippen molar-refractivity contribution >= 4 is 22.1 Å². The number of aromatic nitrogens is 2. The number of nitrogens with zero attached hydrogens (tertiary/aromatic N) is 2. The first kappa shape index (κ1) is 24.5. The Morgan fingerprint density at radius 2 is 1.05 bits per heavy atom. The third-order valence-electron chi connectivity index (χ3n) is 7.32. The van der Waals surface area contributed by atoms with Crippen LogP contribution in [-0.2, 0) is 0 Å². The number of hydrogen-bond donors (Lipinski definition) is 1. The number of fused-ring (bicyclic) bond motifs is 1. The van der Waals surface area contributed by atoms with Crippen molar-refractivity contribution < 1.29 is 0 Å². The Hall–Kier alpha value is -5.54. The molecule has 41 heavy (non-hydrogen) atoms. The molecule has 0 aliphatic heterocycles. The molecule has 0 saturated heterocycles. The van der Waals surface area contributed by atoms with Crippen molar-refractivity contribution in [3.8, 4) is 44.9 Å². The average Bonchev–Trinajstić information content (AvgIpc) is 3.06. The molecule has 0 spiro atoms. The molecule has 0 amide bonds. The first-order valence-electron chi connectivity index (χ1n) is 13.8. The van der Waals surface area contributed by atoms with Gasteiger partial charge in [-0.05, 0) is 64.4 Å². The highest BCUT2D eigenvalue weighted by atomic mass is 14.9. The minimum Gasteiger partial charge on any atom is -0.354 e. The lowest BCUT2D eigenvalue weighted by Crippen LogP contribution is -1.98. The van der Waals surface area contributed by atoms with E-state index in [9.17, 15) is 0 Å². The molecule has 3 nitrogen and oxygen atoms in total. The summed E-state index contributed by atoms with van der Waals surface area (Å²) in [7, 11) is 0. The minimum absolute atomic E-state index is 0.918. The molecule has 1 N–H and O–H groups in total. The van der Waals surface area contributed by atoms with Crippen LogP contribution in [0.2, 0.25) is 0 Å². The monoisotopic (exact) mass is 525 g/mol. The van der Waals surface area contributed by atoms with Crippen LogP contribution in [0.25, 0.3) is 55.7 Å². The smallest absolute Gasteiger partial charge is 0.0730 e. The molecule has 0 radical (unpaired) electrons. The third-order valence-corrected chi connectivity index (χ3v) is 7.32. The lowest BCUT2D eigenvalue weighted by atomic mass is 10.00. The second-order valence-electron chi connectivity index (χ2n) is 9.99. The van der Waals surface area contributed by atoms with Crippen LogP contribution in [0.15, 0.2) is 158 Å². The van der Waals surface area contributed by atoms with Gasteiger partial charge in [0.1, 0.15) is 0 Å². The van der Waals surface area contributed by atoms with Crippen LogP contribution in [0.5, 0.6) is 0 Å². The van der Waals surface area contributed by atoms with E-state index in [0.717, 1.165) is 50.7 Å². The summed E-state index contributed by atoms with van der Waals surface area (Å²) in [5.74, 6) is 0. The molecule has 0 aliphatic rings. The standard InChI is InChI=1S/C38H27N3/c1-3-12-27(13-4-1)31-22-23-39-37(25-31)32-18-9-10-19-35(32)41-38-26-30-17-8-7-16-29(30)24-33(38)36-21-11-20-34(40-36)28-14-5-2-6-15-28/h1-26,41H. The number of nitrogens with one attached hydrogen (secondary N) is 1. The third kappa shape index (κ3) is 5.09. The Balaban J connectivity index is 1.33. The molecule has 2 heterocycles. The molecule has 2 aromatic heterocycles. The normalized spacial score (nSPS) is 10.9. The summed E-state index contributed by atoms with van der Waals surface area (Å²) in [5, 5.41) is 6.11. The van der Waals surface area contributed by atoms with E-state index in [1.54, 1.807) is 0 Å². The molecular formula is C38H27N3. The van der Waals surface area contributed by atoms with E-state index >= 15 is 0 Å². The molecule has 7 aromatic rings. The highest BCUT2D eigenvalue weighted by Crippen LogP contribution is 2.37. The number of rotatable bonds is 6. The maximum Gasteiger partial charge on any atom is 0.0730 e. The van der Waals surface area contributed by atoms with Crippen molar-refractivity contribution in [1.82, 2.24) is 9.97 Å². The van der Waals surface area contributed by atoms with E-state index in [1.165, 1.54) is 16.3 Å². The summed E-state index contributed by atoms with van der Waals surface area (Å²) in [5.41, 5.74) is 10.2. The number of hydrogen-bond acceptors (Lipinski definition) is 3. The van der Waals surface area contributed by atoms with Crippen molar-refractivity contribution in [2.75, 3.05) is 5.32 Å². The quantitative estimate of drug-likeness (QED) is 0.235. The molecule has 3 heteroatoms. The summed E-state index contributed by atoms with van der Waals surface area (Å²) < 4.78 is 0. The van der Waals surface area contributed by atoms with Crippen LogP contribution < -0.4 is 5.32 Å². The summed E-state index contributed by atoms with van der Waals surface area (Å²) >= 11 is 0. The van der Waals surface area contributed by atoms with Crippen LogP contribution >= 0.6 is 0 Å². The highest BCUT2D eigenvalue weighted by Gasteiger charge is 2.14. The Labute approximate surface area is 239 Å². The van der Waals surface area contributed by atoms with E-state index in [2.05, 4.69) is 133 Å². The van der Waals surface area contributed by atoms with Gasteiger partial charge in [-0.3, -0.25) is 4.98 Å². The lowest BCUT2D eigenvalue weighted by Gasteiger charge is -2.17. The average molecular weight is 526 g/mol. The molecular weight excluding hydrogens is 498 g/mol. The fourth-order valence-corrected chi connectivity index (χ4v) is 5.26. The van der Waals surface area contributed by atoms with Crippen molar-refractivity contribution in [3.63, 3.8) is 0 Å². The fourth-order valence-electron chi connectivity index (χ4n) is 5.26. The topological polar surface area (TPSA) is 37.8 Å². The van der Waals surface area contributed by atoms with Gasteiger partial charge in [0, 0.05) is 34.3 Å². The molecule has 0 fully saturated rings. The first-order chi connectivity index (χ1) is 20.3. The predicted octanol–water partition coefficient (Wildman–Crippen LogP) is 10.0. The zero-order chi connectivity index (χ0) is 27.4. The van der Waals surface area contributed by atoms with Crippen molar-refractivity contribution in [1.29, 1.82) is 0 Å². The largest absolute Gasteiger partial charge is 0.354 e. The number of anilines is 2.